The minimum absolute atomic E-state index is 0.185. The topological polar surface area (TPSA) is 54.4 Å². The van der Waals surface area contributed by atoms with E-state index < -0.39 is 4.65 Å². The van der Waals surface area contributed by atoms with Gasteiger partial charge in [0.1, 0.15) is 6.54 Å². The maximum absolute atomic E-state index is 11.6. The quantitative estimate of drug-likeness (QED) is 0.130. The summed E-state index contributed by atoms with van der Waals surface area (Å²) in [6.45, 7) is 2.49. The normalized spacial score (nSPS) is 17.2. The molecule has 4 nitrogen and oxygen atoms in total. The van der Waals surface area contributed by atoms with E-state index in [1.165, 1.54) is 44.9 Å². The third-order valence-corrected chi connectivity index (χ3v) is 5.06. The van der Waals surface area contributed by atoms with Gasteiger partial charge in [-0.05, 0) is 38.5 Å². The Balaban J connectivity index is 1.92. The van der Waals surface area contributed by atoms with Crippen molar-refractivity contribution < 1.29 is 19.4 Å². The van der Waals surface area contributed by atoms with Gasteiger partial charge in [-0.3, -0.25) is 0 Å². The van der Waals surface area contributed by atoms with Crippen LogP contribution < -0.4 is 0 Å². The minimum atomic E-state index is -0.959. The van der Waals surface area contributed by atoms with Crippen LogP contribution in [0.3, 0.4) is 0 Å². The third-order valence-electron chi connectivity index (χ3n) is 5.06. The van der Waals surface area contributed by atoms with Gasteiger partial charge in [0.15, 0.2) is 0 Å². The summed E-state index contributed by atoms with van der Waals surface area (Å²) in [5.41, 5.74) is 0. The molecule has 0 aromatic rings. The zero-order chi connectivity index (χ0) is 19.1. The first-order chi connectivity index (χ1) is 12.6. The Bertz CT molecular complexity index is 452. The number of rotatable bonds is 15. The SMILES string of the molecule is CCCCCCCCC=CCC=CCCCCC[N+]1(O)C(=O)CCC1=O. The molecule has 1 saturated heterocycles. The highest BCUT2D eigenvalue weighted by Gasteiger charge is 2.49. The first-order valence-electron chi connectivity index (χ1n) is 10.6. The molecule has 0 atom stereocenters. The molecule has 0 unspecified atom stereocenters. The van der Waals surface area contributed by atoms with Gasteiger partial charge in [-0.1, -0.05) is 68.0 Å². The predicted octanol–water partition coefficient (Wildman–Crippen LogP) is 5.85. The van der Waals surface area contributed by atoms with Crippen molar-refractivity contribution in [3.63, 3.8) is 0 Å². The molecule has 148 valence electrons. The van der Waals surface area contributed by atoms with Crippen molar-refractivity contribution in [2.75, 3.05) is 6.54 Å². The van der Waals surface area contributed by atoms with E-state index in [1.807, 2.05) is 0 Å². The fourth-order valence-corrected chi connectivity index (χ4v) is 3.30. The number of likely N-dealkylation sites (tertiary alicyclic amines) is 1. The van der Waals surface area contributed by atoms with Gasteiger partial charge in [0.25, 0.3) is 0 Å². The van der Waals surface area contributed by atoms with Crippen LogP contribution >= 0.6 is 0 Å². The van der Waals surface area contributed by atoms with E-state index in [4.69, 9.17) is 0 Å². The maximum Gasteiger partial charge on any atom is 0.353 e. The van der Waals surface area contributed by atoms with Crippen LogP contribution in [0.1, 0.15) is 96.8 Å². The summed E-state index contributed by atoms with van der Waals surface area (Å²) in [7, 11) is 0. The number of carbonyl (C=O) groups is 2. The number of nitrogens with zero attached hydrogens (tertiary/aromatic N) is 1. The molecule has 0 aromatic heterocycles. The van der Waals surface area contributed by atoms with Crippen LogP contribution in [0.25, 0.3) is 0 Å². The Kier molecular flexibility index (Phi) is 12.2. The van der Waals surface area contributed by atoms with Crippen LogP contribution in [0.2, 0.25) is 0 Å². The van der Waals surface area contributed by atoms with Gasteiger partial charge in [-0.2, -0.15) is 0 Å². The lowest BCUT2D eigenvalue weighted by molar-refractivity contribution is -0.971. The van der Waals surface area contributed by atoms with E-state index in [2.05, 4.69) is 31.2 Å². The molecule has 0 spiro atoms. The highest BCUT2D eigenvalue weighted by Crippen LogP contribution is 2.21. The number of carbonyl (C=O) groups excluding carboxylic acids is 2. The van der Waals surface area contributed by atoms with Gasteiger partial charge in [-0.25, -0.2) is 14.8 Å². The maximum atomic E-state index is 11.6. The molecule has 0 aliphatic carbocycles. The Morgan fingerprint density at radius 1 is 0.769 bits per heavy atom. The van der Waals surface area contributed by atoms with Gasteiger partial charge in [-0.15, -0.1) is 0 Å². The molecule has 0 aromatic carbocycles. The molecular weight excluding hydrogens is 326 g/mol. The van der Waals surface area contributed by atoms with Gasteiger partial charge in [0.05, 0.1) is 12.8 Å². The summed E-state index contributed by atoms with van der Waals surface area (Å²) in [5.74, 6) is -0.690. The molecule has 0 saturated carbocycles. The van der Waals surface area contributed by atoms with Crippen molar-refractivity contribution in [1.82, 2.24) is 0 Å². The monoisotopic (exact) mass is 364 g/mol. The Morgan fingerprint density at radius 3 is 1.85 bits per heavy atom. The molecule has 1 rings (SSSR count). The molecule has 4 heteroatoms. The zero-order valence-electron chi connectivity index (χ0n) is 16.6. The minimum Gasteiger partial charge on any atom is -0.227 e. The number of hydrogen-bond donors (Lipinski definition) is 1. The smallest absolute Gasteiger partial charge is 0.227 e. The summed E-state index contributed by atoms with van der Waals surface area (Å²) in [4.78, 5) is 23.2. The summed E-state index contributed by atoms with van der Waals surface area (Å²) < 4.78 is -0.959. The third kappa shape index (κ3) is 8.91. The number of quaternary nitrogens is 1. The predicted molar refractivity (Wildman–Crippen MR) is 106 cm³/mol. The molecular formula is C22H38NO3+. The fraction of sp³-hybridized carbons (Fsp3) is 0.727. The highest BCUT2D eigenvalue weighted by atomic mass is 16.6. The first-order valence-corrected chi connectivity index (χ1v) is 10.6. The van der Waals surface area contributed by atoms with Crippen molar-refractivity contribution >= 4 is 11.8 Å². The Hall–Kier alpha value is -1.26. The molecule has 2 amide bonds. The second kappa shape index (κ2) is 13.9. The summed E-state index contributed by atoms with van der Waals surface area (Å²) in [6, 6.07) is 0. The van der Waals surface area contributed by atoms with Crippen molar-refractivity contribution in [2.24, 2.45) is 0 Å². The van der Waals surface area contributed by atoms with E-state index >= 15 is 0 Å². The first kappa shape index (κ1) is 22.8. The number of allylic oxidation sites excluding steroid dienone is 4. The Morgan fingerprint density at radius 2 is 1.27 bits per heavy atom. The molecule has 0 radical (unpaired) electrons. The fourth-order valence-electron chi connectivity index (χ4n) is 3.30. The van der Waals surface area contributed by atoms with E-state index in [-0.39, 0.29) is 31.2 Å². The summed E-state index contributed by atoms with van der Waals surface area (Å²) in [6.07, 6.45) is 23.3. The van der Waals surface area contributed by atoms with Crippen LogP contribution in [0.15, 0.2) is 24.3 Å². The number of amides is 2. The van der Waals surface area contributed by atoms with Crippen molar-refractivity contribution in [3.8, 4) is 0 Å². The molecule has 1 aliphatic heterocycles. The van der Waals surface area contributed by atoms with Crippen molar-refractivity contribution in [1.29, 1.82) is 0 Å². The van der Waals surface area contributed by atoms with E-state index in [1.54, 1.807) is 0 Å². The van der Waals surface area contributed by atoms with Gasteiger partial charge in [0.2, 0.25) is 0 Å². The van der Waals surface area contributed by atoms with Gasteiger partial charge >= 0.3 is 11.8 Å². The summed E-state index contributed by atoms with van der Waals surface area (Å²) in [5, 5.41) is 10.1. The van der Waals surface area contributed by atoms with E-state index in [0.717, 1.165) is 25.7 Å². The molecule has 0 bridgehead atoms. The van der Waals surface area contributed by atoms with Crippen LogP contribution in [-0.4, -0.2) is 28.2 Å². The van der Waals surface area contributed by atoms with Crippen molar-refractivity contribution in [3.05, 3.63) is 24.3 Å². The number of unbranched alkanes of at least 4 members (excludes halogenated alkanes) is 9. The van der Waals surface area contributed by atoms with E-state index in [0.29, 0.717) is 6.42 Å². The number of hydrogen-bond acceptors (Lipinski definition) is 3. The lowest BCUT2D eigenvalue weighted by Crippen LogP contribution is -2.49. The van der Waals surface area contributed by atoms with Crippen molar-refractivity contribution in [2.45, 2.75) is 96.8 Å². The lowest BCUT2D eigenvalue weighted by Gasteiger charge is -2.18. The number of imide groups is 1. The van der Waals surface area contributed by atoms with Crippen LogP contribution in [0, 0.1) is 0 Å². The molecule has 1 aliphatic rings. The zero-order valence-corrected chi connectivity index (χ0v) is 16.6. The second-order valence-corrected chi connectivity index (χ2v) is 7.36. The van der Waals surface area contributed by atoms with Gasteiger partial charge < -0.3 is 0 Å². The van der Waals surface area contributed by atoms with Crippen LogP contribution in [-0.2, 0) is 9.59 Å². The largest absolute Gasteiger partial charge is 0.353 e. The molecule has 1 heterocycles. The lowest BCUT2D eigenvalue weighted by atomic mass is 10.1. The average molecular weight is 365 g/mol. The standard InChI is InChI=1S/C22H38NO3/c1-2-3-4-5-6-7-8-9-10-11-12-13-14-15-16-17-20-23(26)21(24)18-19-22(23)25/h9-10,12-13,26H,2-8,11,14-20H2,1H3/q+1. The summed E-state index contributed by atoms with van der Waals surface area (Å²) >= 11 is 0. The van der Waals surface area contributed by atoms with Crippen LogP contribution in [0.5, 0.6) is 0 Å². The highest BCUT2D eigenvalue weighted by molar-refractivity contribution is 5.90. The average Bonchev–Trinajstić information content (AvgIpc) is 2.89. The molecule has 1 fully saturated rings. The number of hydroxylamine groups is 3. The van der Waals surface area contributed by atoms with Gasteiger partial charge in [0, 0.05) is 6.42 Å². The van der Waals surface area contributed by atoms with Crippen LogP contribution in [0.4, 0.5) is 0 Å². The molecule has 1 N–H and O–H groups in total. The Labute approximate surface area is 159 Å². The second-order valence-electron chi connectivity index (χ2n) is 7.36. The molecule has 26 heavy (non-hydrogen) atoms. The van der Waals surface area contributed by atoms with E-state index in [9.17, 15) is 14.8 Å².